The van der Waals surface area contributed by atoms with Crippen molar-refractivity contribution in [3.8, 4) is 0 Å². The molecule has 0 unspecified atom stereocenters. The summed E-state index contributed by atoms with van der Waals surface area (Å²) in [5.74, 6) is -0.591. The fraction of sp³-hybridized carbons (Fsp3) is 0.143. The number of hydrogen-bond donors (Lipinski definition) is 2. The normalized spacial score (nSPS) is 10.3. The van der Waals surface area contributed by atoms with Crippen molar-refractivity contribution >= 4 is 17.3 Å². The van der Waals surface area contributed by atoms with Gasteiger partial charge in [-0.25, -0.2) is 4.39 Å². The Labute approximate surface area is 152 Å². The molecule has 5 heteroatoms. The van der Waals surface area contributed by atoms with E-state index in [4.69, 9.17) is 0 Å². The van der Waals surface area contributed by atoms with Gasteiger partial charge in [-0.2, -0.15) is 0 Å². The van der Waals surface area contributed by atoms with Crippen LogP contribution in [0.1, 0.15) is 22.5 Å². The zero-order valence-corrected chi connectivity index (χ0v) is 14.3. The fourth-order valence-corrected chi connectivity index (χ4v) is 2.58. The van der Waals surface area contributed by atoms with E-state index in [0.29, 0.717) is 23.6 Å². The molecule has 3 aromatic rings. The summed E-state index contributed by atoms with van der Waals surface area (Å²) < 4.78 is 13.7. The molecule has 0 saturated carbocycles. The number of aryl methyl sites for hydroxylation is 1. The summed E-state index contributed by atoms with van der Waals surface area (Å²) in [6, 6.07) is 19.8. The van der Waals surface area contributed by atoms with Crippen molar-refractivity contribution in [3.63, 3.8) is 0 Å². The third kappa shape index (κ3) is 4.89. The van der Waals surface area contributed by atoms with Gasteiger partial charge < -0.3 is 10.6 Å². The molecule has 132 valence electrons. The van der Waals surface area contributed by atoms with Crippen molar-refractivity contribution in [2.24, 2.45) is 0 Å². The van der Waals surface area contributed by atoms with Crippen LogP contribution < -0.4 is 10.6 Å². The molecule has 4 nitrogen and oxygen atoms in total. The Morgan fingerprint density at radius 3 is 2.58 bits per heavy atom. The second-order valence-corrected chi connectivity index (χ2v) is 5.88. The van der Waals surface area contributed by atoms with Crippen molar-refractivity contribution < 1.29 is 9.18 Å². The predicted molar refractivity (Wildman–Crippen MR) is 101 cm³/mol. The first kappa shape index (κ1) is 17.6. The third-order valence-corrected chi connectivity index (χ3v) is 3.92. The highest BCUT2D eigenvalue weighted by atomic mass is 19.1. The van der Waals surface area contributed by atoms with Crippen LogP contribution in [0.4, 0.5) is 15.8 Å². The molecule has 2 N–H and O–H groups in total. The summed E-state index contributed by atoms with van der Waals surface area (Å²) in [6.45, 7) is 0.570. The summed E-state index contributed by atoms with van der Waals surface area (Å²) in [5.41, 5.74) is 2.51. The van der Waals surface area contributed by atoms with E-state index in [1.165, 1.54) is 17.8 Å². The molecule has 1 aromatic heterocycles. The highest BCUT2D eigenvalue weighted by Gasteiger charge is 2.08. The van der Waals surface area contributed by atoms with Gasteiger partial charge in [-0.3, -0.25) is 9.78 Å². The number of amides is 1. The van der Waals surface area contributed by atoms with Gasteiger partial charge in [0.2, 0.25) is 0 Å². The monoisotopic (exact) mass is 349 g/mol. The van der Waals surface area contributed by atoms with Crippen molar-refractivity contribution in [2.75, 3.05) is 11.9 Å². The number of carbonyl (C=O) groups is 1. The molecule has 0 bridgehead atoms. The second-order valence-electron chi connectivity index (χ2n) is 5.88. The largest absolute Gasteiger partial charge is 0.353 e. The van der Waals surface area contributed by atoms with Gasteiger partial charge in [0.15, 0.2) is 0 Å². The molecular weight excluding hydrogens is 329 g/mol. The number of benzene rings is 2. The summed E-state index contributed by atoms with van der Waals surface area (Å²) >= 11 is 0. The maximum absolute atomic E-state index is 13.7. The van der Waals surface area contributed by atoms with Gasteiger partial charge in [-0.15, -0.1) is 0 Å². The van der Waals surface area contributed by atoms with Gasteiger partial charge in [0.1, 0.15) is 11.5 Å². The number of carbonyl (C=O) groups excluding carboxylic acids is 1. The zero-order chi connectivity index (χ0) is 18.2. The molecule has 2 aromatic carbocycles. The van der Waals surface area contributed by atoms with Gasteiger partial charge in [0, 0.05) is 18.4 Å². The van der Waals surface area contributed by atoms with Crippen LogP contribution in [0, 0.1) is 5.82 Å². The fourth-order valence-electron chi connectivity index (χ4n) is 2.58. The first-order chi connectivity index (χ1) is 12.7. The molecule has 0 atom stereocenters. The Balaban J connectivity index is 1.54. The topological polar surface area (TPSA) is 54.0 Å². The predicted octanol–water partition coefficient (Wildman–Crippen LogP) is 4.33. The average Bonchev–Trinajstić information content (AvgIpc) is 2.68. The first-order valence-corrected chi connectivity index (χ1v) is 8.52. The highest BCUT2D eigenvalue weighted by molar-refractivity contribution is 5.93. The molecule has 0 spiro atoms. The van der Waals surface area contributed by atoms with Crippen LogP contribution in [0.5, 0.6) is 0 Å². The number of nitrogens with one attached hydrogen (secondary N) is 2. The molecule has 26 heavy (non-hydrogen) atoms. The van der Waals surface area contributed by atoms with Crippen LogP contribution in [0.3, 0.4) is 0 Å². The lowest BCUT2D eigenvalue weighted by atomic mass is 10.1. The number of rotatable bonds is 7. The van der Waals surface area contributed by atoms with Crippen LogP contribution in [-0.2, 0) is 6.42 Å². The Morgan fingerprint density at radius 1 is 1.00 bits per heavy atom. The summed E-state index contributed by atoms with van der Waals surface area (Å²) in [6.07, 6.45) is 3.29. The SMILES string of the molecule is O=C(NCCCc1ccccc1)c1cc(Nc2ccccc2F)ccn1. The number of para-hydroxylation sites is 1. The van der Waals surface area contributed by atoms with E-state index >= 15 is 0 Å². The quantitative estimate of drug-likeness (QED) is 0.624. The zero-order valence-electron chi connectivity index (χ0n) is 14.3. The number of pyridine rings is 1. The van der Waals surface area contributed by atoms with E-state index in [1.54, 1.807) is 30.3 Å². The van der Waals surface area contributed by atoms with Gasteiger partial charge >= 0.3 is 0 Å². The maximum Gasteiger partial charge on any atom is 0.269 e. The van der Waals surface area contributed by atoms with Crippen molar-refractivity contribution in [1.82, 2.24) is 10.3 Å². The minimum Gasteiger partial charge on any atom is -0.353 e. The molecule has 0 saturated heterocycles. The van der Waals surface area contributed by atoms with Crippen molar-refractivity contribution in [2.45, 2.75) is 12.8 Å². The number of anilines is 2. The number of nitrogens with zero attached hydrogens (tertiary/aromatic N) is 1. The Kier molecular flexibility index (Phi) is 5.93. The molecule has 0 aliphatic heterocycles. The van der Waals surface area contributed by atoms with Gasteiger partial charge in [0.25, 0.3) is 5.91 Å². The molecule has 1 amide bonds. The van der Waals surface area contributed by atoms with Crippen LogP contribution in [0.2, 0.25) is 0 Å². The number of aromatic nitrogens is 1. The van der Waals surface area contributed by atoms with Crippen LogP contribution in [-0.4, -0.2) is 17.4 Å². The molecule has 3 rings (SSSR count). The standard InChI is InChI=1S/C21H20FN3O/c22-18-10-4-5-11-19(18)25-17-12-14-23-20(15-17)21(26)24-13-6-9-16-7-2-1-3-8-16/h1-5,7-8,10-12,14-15H,6,9,13H2,(H,23,25)(H,24,26). The van der Waals surface area contributed by atoms with Gasteiger partial charge in [0.05, 0.1) is 5.69 Å². The lowest BCUT2D eigenvalue weighted by Gasteiger charge is -2.09. The third-order valence-electron chi connectivity index (χ3n) is 3.92. The lowest BCUT2D eigenvalue weighted by molar-refractivity contribution is 0.0948. The summed E-state index contributed by atoms with van der Waals surface area (Å²) in [7, 11) is 0. The molecule has 0 aliphatic rings. The van der Waals surface area contributed by atoms with E-state index in [1.807, 2.05) is 18.2 Å². The van der Waals surface area contributed by atoms with E-state index < -0.39 is 0 Å². The van der Waals surface area contributed by atoms with Crippen LogP contribution in [0.15, 0.2) is 72.9 Å². The lowest BCUT2D eigenvalue weighted by Crippen LogP contribution is -2.25. The Morgan fingerprint density at radius 2 is 1.77 bits per heavy atom. The maximum atomic E-state index is 13.7. The molecule has 1 heterocycles. The van der Waals surface area contributed by atoms with E-state index in [0.717, 1.165) is 12.8 Å². The highest BCUT2D eigenvalue weighted by Crippen LogP contribution is 2.19. The number of hydrogen-bond acceptors (Lipinski definition) is 3. The average molecular weight is 349 g/mol. The van der Waals surface area contributed by atoms with Crippen LogP contribution in [0.25, 0.3) is 0 Å². The Hall–Kier alpha value is -3.21. The second kappa shape index (κ2) is 8.76. The van der Waals surface area contributed by atoms with E-state index in [-0.39, 0.29) is 11.7 Å². The minimum absolute atomic E-state index is 0.241. The smallest absolute Gasteiger partial charge is 0.269 e. The molecule has 0 aliphatic carbocycles. The van der Waals surface area contributed by atoms with Crippen LogP contribution >= 0.6 is 0 Å². The Bertz CT molecular complexity index is 868. The number of halogens is 1. The van der Waals surface area contributed by atoms with E-state index in [9.17, 15) is 9.18 Å². The van der Waals surface area contributed by atoms with E-state index in [2.05, 4.69) is 27.8 Å². The van der Waals surface area contributed by atoms with Gasteiger partial charge in [-0.1, -0.05) is 42.5 Å². The minimum atomic E-state index is -0.351. The summed E-state index contributed by atoms with van der Waals surface area (Å²) in [5, 5.41) is 5.83. The first-order valence-electron chi connectivity index (χ1n) is 8.52. The molecule has 0 fully saturated rings. The molecular formula is C21H20FN3O. The van der Waals surface area contributed by atoms with Crippen molar-refractivity contribution in [1.29, 1.82) is 0 Å². The van der Waals surface area contributed by atoms with Gasteiger partial charge in [-0.05, 0) is 42.7 Å². The molecule has 0 radical (unpaired) electrons. The van der Waals surface area contributed by atoms with Crippen molar-refractivity contribution in [3.05, 3.63) is 90.0 Å². The summed E-state index contributed by atoms with van der Waals surface area (Å²) in [4.78, 5) is 16.3.